The minimum absolute atomic E-state index is 0.0832. The number of thiazole rings is 1. The fraction of sp³-hybridized carbons (Fsp3) is 0.412. The van der Waals surface area contributed by atoms with Crippen molar-refractivity contribution >= 4 is 17.2 Å². The summed E-state index contributed by atoms with van der Waals surface area (Å²) in [7, 11) is 0. The van der Waals surface area contributed by atoms with Crippen molar-refractivity contribution in [3.8, 4) is 5.75 Å². The molecule has 1 aliphatic rings. The number of β-amino-alcohol motifs (C(OH)–C–C–N with tert-alkyl or cyclic N) is 1. The molecule has 1 amide bonds. The lowest BCUT2D eigenvalue weighted by molar-refractivity contribution is -0.0345. The number of nitrogens with one attached hydrogen (secondary N) is 1. The molecule has 0 aliphatic carbocycles. The largest absolute Gasteiger partial charge is 0.508 e. The quantitative estimate of drug-likeness (QED) is 0.729. The molecule has 1 aromatic heterocycles. The van der Waals surface area contributed by atoms with Crippen molar-refractivity contribution in [2.24, 2.45) is 0 Å². The van der Waals surface area contributed by atoms with Crippen LogP contribution in [0.2, 0.25) is 0 Å². The number of nitrogens with zero attached hydrogens (tertiary/aromatic N) is 2. The lowest BCUT2D eigenvalue weighted by Crippen LogP contribution is -2.52. The number of amides is 1. The Bertz CT molecular complexity index is 710. The number of carbonyl (C=O) groups is 1. The molecule has 1 atom stereocenters. The van der Waals surface area contributed by atoms with E-state index in [0.29, 0.717) is 31.9 Å². The van der Waals surface area contributed by atoms with E-state index in [1.54, 1.807) is 29.1 Å². The molecule has 0 radical (unpaired) electrons. The molecule has 7 nitrogen and oxygen atoms in total. The molecule has 0 spiro atoms. The lowest BCUT2D eigenvalue weighted by Gasteiger charge is -2.30. The van der Waals surface area contributed by atoms with Gasteiger partial charge in [0.25, 0.3) is 5.91 Å². The van der Waals surface area contributed by atoms with Crippen molar-refractivity contribution in [3.63, 3.8) is 0 Å². The summed E-state index contributed by atoms with van der Waals surface area (Å²) in [5, 5.41) is 24.8. The third kappa shape index (κ3) is 4.99. The van der Waals surface area contributed by atoms with Gasteiger partial charge in [-0.05, 0) is 17.7 Å². The molecule has 0 bridgehead atoms. The minimum Gasteiger partial charge on any atom is -0.508 e. The summed E-state index contributed by atoms with van der Waals surface area (Å²) < 4.78 is 5.52. The van der Waals surface area contributed by atoms with Gasteiger partial charge in [0.1, 0.15) is 17.0 Å². The minimum atomic E-state index is -1.18. The van der Waals surface area contributed by atoms with Gasteiger partial charge in [-0.1, -0.05) is 12.1 Å². The normalized spacial score (nSPS) is 21.6. The van der Waals surface area contributed by atoms with Gasteiger partial charge < -0.3 is 20.3 Å². The maximum absolute atomic E-state index is 12.0. The zero-order valence-electron chi connectivity index (χ0n) is 13.7. The van der Waals surface area contributed by atoms with E-state index in [-0.39, 0.29) is 24.8 Å². The zero-order valence-corrected chi connectivity index (χ0v) is 14.5. The fourth-order valence-corrected chi connectivity index (χ4v) is 3.34. The van der Waals surface area contributed by atoms with Crippen molar-refractivity contribution in [3.05, 3.63) is 46.4 Å². The topological polar surface area (TPSA) is 94.9 Å². The smallest absolute Gasteiger partial charge is 0.270 e. The average molecular weight is 363 g/mol. The number of carbonyl (C=O) groups excluding carboxylic acids is 1. The van der Waals surface area contributed by atoms with E-state index >= 15 is 0 Å². The number of hydrogen-bond acceptors (Lipinski definition) is 7. The van der Waals surface area contributed by atoms with Gasteiger partial charge in [0, 0.05) is 25.0 Å². The molecule has 2 heterocycles. The summed E-state index contributed by atoms with van der Waals surface area (Å²) in [5.41, 5.74) is 1.71. The van der Waals surface area contributed by atoms with Gasteiger partial charge in [-0.25, -0.2) is 4.98 Å². The first-order valence-corrected chi connectivity index (χ1v) is 8.95. The molecule has 3 N–H and O–H groups in total. The molecule has 1 saturated heterocycles. The highest BCUT2D eigenvalue weighted by Crippen LogP contribution is 2.17. The molecule has 8 heteroatoms. The van der Waals surface area contributed by atoms with E-state index in [0.717, 1.165) is 5.56 Å². The molecular formula is C17H21N3O4S. The van der Waals surface area contributed by atoms with Gasteiger partial charge in [-0.2, -0.15) is 0 Å². The molecule has 25 heavy (non-hydrogen) atoms. The van der Waals surface area contributed by atoms with E-state index < -0.39 is 5.60 Å². The van der Waals surface area contributed by atoms with E-state index in [1.165, 1.54) is 11.3 Å². The third-order valence-corrected chi connectivity index (χ3v) is 4.59. The molecule has 3 rings (SSSR count). The van der Waals surface area contributed by atoms with Crippen molar-refractivity contribution in [2.45, 2.75) is 12.1 Å². The zero-order chi connectivity index (χ0) is 17.7. The molecule has 1 fully saturated rings. The van der Waals surface area contributed by atoms with Gasteiger partial charge in [0.2, 0.25) is 0 Å². The Morgan fingerprint density at radius 1 is 1.48 bits per heavy atom. The summed E-state index contributed by atoms with van der Waals surface area (Å²) in [6.45, 7) is 2.35. The van der Waals surface area contributed by atoms with Crippen LogP contribution in [0.4, 0.5) is 0 Å². The van der Waals surface area contributed by atoms with Crippen LogP contribution in [0.3, 0.4) is 0 Å². The summed E-state index contributed by atoms with van der Waals surface area (Å²) in [4.78, 5) is 18.0. The highest BCUT2D eigenvalue weighted by molar-refractivity contribution is 7.07. The van der Waals surface area contributed by atoms with Crippen LogP contribution >= 0.6 is 11.3 Å². The number of hydrogen-bond donors (Lipinski definition) is 3. The molecule has 1 aromatic carbocycles. The molecule has 134 valence electrons. The second-order valence-electron chi connectivity index (χ2n) is 6.21. The lowest BCUT2D eigenvalue weighted by atomic mass is 10.0. The predicted molar refractivity (Wildman–Crippen MR) is 93.6 cm³/mol. The maximum atomic E-state index is 12.0. The Morgan fingerprint density at radius 3 is 3.12 bits per heavy atom. The van der Waals surface area contributed by atoms with Crippen molar-refractivity contribution in [1.29, 1.82) is 0 Å². The Labute approximate surface area is 149 Å². The number of phenols is 1. The van der Waals surface area contributed by atoms with Crippen LogP contribution in [-0.4, -0.2) is 64.5 Å². The highest BCUT2D eigenvalue weighted by Gasteiger charge is 2.33. The Kier molecular flexibility index (Phi) is 5.64. The van der Waals surface area contributed by atoms with Crippen molar-refractivity contribution in [1.82, 2.24) is 15.2 Å². The van der Waals surface area contributed by atoms with Crippen LogP contribution in [-0.2, 0) is 11.3 Å². The summed E-state index contributed by atoms with van der Waals surface area (Å²) >= 11 is 1.35. The third-order valence-electron chi connectivity index (χ3n) is 4.00. The summed E-state index contributed by atoms with van der Waals surface area (Å²) in [6, 6.07) is 7.04. The number of aliphatic hydroxyl groups is 1. The van der Waals surface area contributed by atoms with Crippen LogP contribution in [0.5, 0.6) is 5.75 Å². The monoisotopic (exact) mass is 363 g/mol. The van der Waals surface area contributed by atoms with Crippen LogP contribution in [0.15, 0.2) is 35.2 Å². The van der Waals surface area contributed by atoms with Gasteiger partial charge in [0.15, 0.2) is 0 Å². The van der Waals surface area contributed by atoms with Crippen LogP contribution in [0.1, 0.15) is 16.1 Å². The molecule has 1 aliphatic heterocycles. The van der Waals surface area contributed by atoms with Crippen LogP contribution in [0, 0.1) is 0 Å². The van der Waals surface area contributed by atoms with Crippen molar-refractivity contribution in [2.75, 3.05) is 32.8 Å². The first kappa shape index (κ1) is 17.8. The van der Waals surface area contributed by atoms with E-state index in [4.69, 9.17) is 4.74 Å². The Hall–Kier alpha value is -2.00. The number of ether oxygens (including phenoxy) is 1. The van der Waals surface area contributed by atoms with Crippen LogP contribution < -0.4 is 5.32 Å². The predicted octanol–water partition coefficient (Wildman–Crippen LogP) is 0.842. The number of aromatic nitrogens is 1. The number of rotatable bonds is 5. The first-order valence-electron chi connectivity index (χ1n) is 8.01. The number of phenolic OH excluding ortho intramolecular Hbond substituents is 1. The molecule has 2 aromatic rings. The highest BCUT2D eigenvalue weighted by atomic mass is 32.1. The SMILES string of the molecule is O=C(NC[C@]1(O)COCCN(Cc2cccc(O)c2)C1)c1cscn1. The standard InChI is InChI=1S/C17H21N3O4S/c21-14-3-1-2-13(6-14)7-20-4-5-24-11-17(23,10-20)9-18-16(22)15-8-25-12-19-15/h1-3,6,8,12,21,23H,4-5,7,9-11H2,(H,18,22)/t17-/m1/s1. The number of aromatic hydroxyl groups is 1. The summed E-state index contributed by atoms with van der Waals surface area (Å²) in [6.07, 6.45) is 0. The molecule has 0 saturated carbocycles. The molecule has 0 unspecified atom stereocenters. The first-order chi connectivity index (χ1) is 12.0. The van der Waals surface area contributed by atoms with Gasteiger partial charge in [-0.15, -0.1) is 11.3 Å². The molecular weight excluding hydrogens is 342 g/mol. The number of benzene rings is 1. The second-order valence-corrected chi connectivity index (χ2v) is 6.93. The van der Waals surface area contributed by atoms with E-state index in [2.05, 4.69) is 15.2 Å². The second kappa shape index (κ2) is 7.92. The van der Waals surface area contributed by atoms with Crippen molar-refractivity contribution < 1.29 is 19.7 Å². The average Bonchev–Trinajstić information content (AvgIpc) is 3.05. The fourth-order valence-electron chi connectivity index (χ4n) is 2.81. The van der Waals surface area contributed by atoms with Gasteiger partial charge >= 0.3 is 0 Å². The van der Waals surface area contributed by atoms with Gasteiger partial charge in [0.05, 0.1) is 25.3 Å². The van der Waals surface area contributed by atoms with E-state index in [1.807, 2.05) is 6.07 Å². The van der Waals surface area contributed by atoms with E-state index in [9.17, 15) is 15.0 Å². The Balaban J connectivity index is 1.60. The summed E-state index contributed by atoms with van der Waals surface area (Å²) in [5.74, 6) is -0.0900. The van der Waals surface area contributed by atoms with Gasteiger partial charge in [-0.3, -0.25) is 9.69 Å². The maximum Gasteiger partial charge on any atom is 0.270 e. The Morgan fingerprint density at radius 2 is 2.36 bits per heavy atom. The van der Waals surface area contributed by atoms with Crippen LogP contribution in [0.25, 0.3) is 0 Å².